The van der Waals surface area contributed by atoms with Gasteiger partial charge in [0, 0.05) is 25.7 Å². The molecule has 2 heterocycles. The number of fused-ring (bicyclic) bond motifs is 1. The molecular formula is C20H24N2O5. The molecule has 0 radical (unpaired) electrons. The Morgan fingerprint density at radius 1 is 1.15 bits per heavy atom. The zero-order valence-corrected chi connectivity index (χ0v) is 16.2. The van der Waals surface area contributed by atoms with Crippen molar-refractivity contribution >= 4 is 17.8 Å². The molecule has 1 aliphatic heterocycles. The molecule has 2 aromatic rings. The van der Waals surface area contributed by atoms with Crippen molar-refractivity contribution in [3.8, 4) is 11.5 Å². The highest BCUT2D eigenvalue weighted by Gasteiger charge is 2.24. The minimum atomic E-state index is -0.614. The average molecular weight is 372 g/mol. The van der Waals surface area contributed by atoms with Crippen LogP contribution in [0.5, 0.6) is 11.5 Å². The van der Waals surface area contributed by atoms with E-state index in [9.17, 15) is 9.59 Å². The largest absolute Gasteiger partial charge is 0.461 e. The quantitative estimate of drug-likeness (QED) is 0.548. The number of rotatable bonds is 4. The third kappa shape index (κ3) is 6.29. The third-order valence-corrected chi connectivity index (χ3v) is 3.34. The zero-order chi connectivity index (χ0) is 20.0. The van der Waals surface area contributed by atoms with Gasteiger partial charge in [-0.05, 0) is 39.0 Å². The summed E-state index contributed by atoms with van der Waals surface area (Å²) in [6, 6.07) is 9.46. The molecule has 1 N–H and O–H groups in total. The third-order valence-electron chi connectivity index (χ3n) is 3.34. The van der Waals surface area contributed by atoms with Gasteiger partial charge in [-0.1, -0.05) is 12.1 Å². The Kier molecular flexibility index (Phi) is 6.39. The van der Waals surface area contributed by atoms with Gasteiger partial charge in [0.15, 0.2) is 11.5 Å². The molecule has 3 rings (SSSR count). The molecule has 0 unspecified atom stereocenters. The van der Waals surface area contributed by atoms with Crippen molar-refractivity contribution in [3.05, 3.63) is 47.7 Å². The molecule has 1 aromatic carbocycles. The van der Waals surface area contributed by atoms with Crippen molar-refractivity contribution in [1.82, 2.24) is 4.98 Å². The van der Waals surface area contributed by atoms with Crippen LogP contribution in [0.15, 0.2) is 36.5 Å². The normalized spacial score (nSPS) is 11.1. The number of pyridine rings is 1. The summed E-state index contributed by atoms with van der Waals surface area (Å²) in [5.74, 6) is 1.54. The standard InChI is InChI=1S/C14H20N2O4.C6H4O/c1-9(17)19-8-10-6-7-16-12(15-5)11(10)13(18)20-14(2,3)4;1-2-4-6-5(3-1)7-6/h6-7H,8H2,1-5H3,(H,15,16);1-4H. The van der Waals surface area contributed by atoms with E-state index < -0.39 is 17.5 Å². The Bertz CT molecular complexity index is 806. The van der Waals surface area contributed by atoms with Gasteiger partial charge in [-0.25, -0.2) is 9.78 Å². The van der Waals surface area contributed by atoms with E-state index in [0.717, 1.165) is 11.5 Å². The Balaban J connectivity index is 0.000000304. The number of para-hydroxylation sites is 2. The molecule has 7 nitrogen and oxygen atoms in total. The van der Waals surface area contributed by atoms with E-state index in [4.69, 9.17) is 14.2 Å². The summed E-state index contributed by atoms with van der Waals surface area (Å²) >= 11 is 0. The van der Waals surface area contributed by atoms with E-state index in [1.165, 1.54) is 6.92 Å². The lowest BCUT2D eigenvalue weighted by molar-refractivity contribution is -0.142. The summed E-state index contributed by atoms with van der Waals surface area (Å²) in [5.41, 5.74) is 0.219. The maximum absolute atomic E-state index is 12.3. The van der Waals surface area contributed by atoms with E-state index in [1.807, 2.05) is 24.3 Å². The number of carbonyl (C=O) groups is 2. The Morgan fingerprint density at radius 3 is 2.26 bits per heavy atom. The van der Waals surface area contributed by atoms with Crippen LogP contribution in [0.4, 0.5) is 5.82 Å². The van der Waals surface area contributed by atoms with E-state index in [2.05, 4.69) is 10.3 Å². The van der Waals surface area contributed by atoms with Crippen LogP contribution in [0.3, 0.4) is 0 Å². The van der Waals surface area contributed by atoms with Gasteiger partial charge in [-0.2, -0.15) is 0 Å². The van der Waals surface area contributed by atoms with Crippen molar-refractivity contribution < 1.29 is 23.8 Å². The number of ether oxygens (including phenoxy) is 3. The van der Waals surface area contributed by atoms with Crippen molar-refractivity contribution in [2.75, 3.05) is 12.4 Å². The number of benzene rings is 1. The van der Waals surface area contributed by atoms with Gasteiger partial charge in [0.1, 0.15) is 23.6 Å². The summed E-state index contributed by atoms with van der Waals surface area (Å²) in [7, 11) is 1.66. The fraction of sp³-hybridized carbons (Fsp3) is 0.350. The van der Waals surface area contributed by atoms with Gasteiger partial charge in [0.2, 0.25) is 0 Å². The second-order valence-corrected chi connectivity index (χ2v) is 6.77. The molecule has 0 atom stereocenters. The smallest absolute Gasteiger partial charge is 0.342 e. The van der Waals surface area contributed by atoms with Crippen molar-refractivity contribution in [2.24, 2.45) is 0 Å². The highest BCUT2D eigenvalue weighted by atomic mass is 16.6. The van der Waals surface area contributed by atoms with Crippen molar-refractivity contribution in [1.29, 1.82) is 0 Å². The summed E-state index contributed by atoms with van der Waals surface area (Å²) in [4.78, 5) is 27.3. The molecule has 0 saturated heterocycles. The van der Waals surface area contributed by atoms with Crippen LogP contribution >= 0.6 is 0 Å². The van der Waals surface area contributed by atoms with Gasteiger partial charge in [0.05, 0.1) is 0 Å². The highest BCUT2D eigenvalue weighted by molar-refractivity contribution is 5.96. The van der Waals surface area contributed by atoms with Gasteiger partial charge >= 0.3 is 11.9 Å². The number of aromatic nitrogens is 1. The van der Waals surface area contributed by atoms with E-state index in [1.54, 1.807) is 40.1 Å². The van der Waals surface area contributed by atoms with Crippen LogP contribution in [-0.2, 0) is 20.9 Å². The van der Waals surface area contributed by atoms with Crippen LogP contribution < -0.4 is 10.1 Å². The molecule has 0 bridgehead atoms. The molecule has 0 amide bonds. The van der Waals surface area contributed by atoms with Crippen LogP contribution in [0.1, 0.15) is 43.6 Å². The topological polar surface area (TPSA) is 90.1 Å². The van der Waals surface area contributed by atoms with Crippen molar-refractivity contribution in [3.63, 3.8) is 0 Å². The Labute approximate surface area is 158 Å². The summed E-state index contributed by atoms with van der Waals surface area (Å²) in [6.45, 7) is 6.67. The molecule has 27 heavy (non-hydrogen) atoms. The first-order chi connectivity index (χ1) is 12.7. The molecular weight excluding hydrogens is 348 g/mol. The lowest BCUT2D eigenvalue weighted by atomic mass is 10.1. The molecule has 7 heteroatoms. The number of nitrogens with one attached hydrogen (secondary N) is 1. The second-order valence-electron chi connectivity index (χ2n) is 6.77. The second kappa shape index (κ2) is 8.53. The molecule has 144 valence electrons. The molecule has 1 aromatic heterocycles. The predicted octanol–water partition coefficient (Wildman–Crippen LogP) is 3.93. The zero-order valence-electron chi connectivity index (χ0n) is 16.2. The first-order valence-corrected chi connectivity index (χ1v) is 8.50. The summed E-state index contributed by atoms with van der Waals surface area (Å²) in [5, 5.41) is 2.84. The Morgan fingerprint density at radius 2 is 1.78 bits per heavy atom. The van der Waals surface area contributed by atoms with Gasteiger partial charge in [-0.3, -0.25) is 4.79 Å². The predicted molar refractivity (Wildman–Crippen MR) is 101 cm³/mol. The van der Waals surface area contributed by atoms with Crippen LogP contribution in [0.25, 0.3) is 0 Å². The number of nitrogens with zero attached hydrogens (tertiary/aromatic N) is 1. The number of hydrogen-bond donors (Lipinski definition) is 1. The minimum Gasteiger partial charge on any atom is -0.461 e. The first-order valence-electron chi connectivity index (χ1n) is 8.50. The SMILES string of the molecule is CNc1nccc(COC(C)=O)c1C(=O)OC(C)(C)C.c1ccc2c(c1)O2. The lowest BCUT2D eigenvalue weighted by Gasteiger charge is -2.21. The minimum absolute atomic E-state index is 0.00110. The molecule has 0 spiro atoms. The maximum Gasteiger partial charge on any atom is 0.342 e. The number of esters is 2. The van der Waals surface area contributed by atoms with Gasteiger partial charge in [0.25, 0.3) is 0 Å². The average Bonchev–Trinajstić information content (AvgIpc) is 3.38. The number of hydrogen-bond acceptors (Lipinski definition) is 7. The van der Waals surface area contributed by atoms with Crippen LogP contribution in [0, 0.1) is 0 Å². The van der Waals surface area contributed by atoms with E-state index in [-0.39, 0.29) is 12.2 Å². The Hall–Kier alpha value is -3.09. The lowest BCUT2D eigenvalue weighted by Crippen LogP contribution is -2.25. The fourth-order valence-electron chi connectivity index (χ4n) is 2.16. The van der Waals surface area contributed by atoms with Crippen molar-refractivity contribution in [2.45, 2.75) is 39.9 Å². The summed E-state index contributed by atoms with van der Waals surface area (Å²) in [6.07, 6.45) is 1.54. The molecule has 1 aliphatic rings. The van der Waals surface area contributed by atoms with E-state index >= 15 is 0 Å². The molecule has 0 fully saturated rings. The van der Waals surface area contributed by atoms with Gasteiger partial charge in [-0.15, -0.1) is 0 Å². The highest BCUT2D eigenvalue weighted by Crippen LogP contribution is 2.43. The van der Waals surface area contributed by atoms with Crippen LogP contribution in [-0.4, -0.2) is 29.6 Å². The first kappa shape index (κ1) is 20.2. The maximum atomic E-state index is 12.3. The number of carbonyl (C=O) groups excluding carboxylic acids is 2. The summed E-state index contributed by atoms with van der Waals surface area (Å²) < 4.78 is 15.2. The van der Waals surface area contributed by atoms with Crippen LogP contribution in [0.2, 0.25) is 0 Å². The molecule has 0 aliphatic carbocycles. The fourth-order valence-corrected chi connectivity index (χ4v) is 2.16. The van der Waals surface area contributed by atoms with Gasteiger partial charge < -0.3 is 19.5 Å². The monoisotopic (exact) mass is 372 g/mol. The molecule has 0 saturated carbocycles. The number of anilines is 1. The van der Waals surface area contributed by atoms with E-state index in [0.29, 0.717) is 11.4 Å².